The molecule has 2 fully saturated rings. The molecule has 0 unspecified atom stereocenters. The van der Waals surface area contributed by atoms with Crippen molar-refractivity contribution >= 4 is 16.8 Å². The molecule has 3 aromatic rings. The number of hydrogen-bond acceptors (Lipinski definition) is 4. The second kappa shape index (κ2) is 11.4. The number of morpholine rings is 1. The monoisotopic (exact) mass is 474 g/mol. The summed E-state index contributed by atoms with van der Waals surface area (Å²) >= 11 is 0. The Hall–Kier alpha value is -2.67. The van der Waals surface area contributed by atoms with E-state index in [9.17, 15) is 4.79 Å². The Balaban J connectivity index is 1.17. The third kappa shape index (κ3) is 5.95. The van der Waals surface area contributed by atoms with E-state index in [1.165, 1.54) is 27.7 Å². The molecule has 2 aliphatic rings. The number of ether oxygens (including phenoxy) is 1. The van der Waals surface area contributed by atoms with E-state index >= 15 is 0 Å². The average Bonchev–Trinajstić information content (AvgIpc) is 3.23. The minimum absolute atomic E-state index is 0.133. The van der Waals surface area contributed by atoms with Gasteiger partial charge in [-0.15, -0.1) is 0 Å². The molecule has 0 saturated carbocycles. The first-order valence-corrected chi connectivity index (χ1v) is 13.1. The Kier molecular flexibility index (Phi) is 7.82. The number of piperidine rings is 1. The molecule has 1 N–H and O–H groups in total. The van der Waals surface area contributed by atoms with Gasteiger partial charge >= 0.3 is 0 Å². The molecule has 0 aliphatic carbocycles. The standard InChI is InChI=1S/C29H38N4O2/c1-23-6-2-3-8-26(23)21-33-27(20-25-7-4-5-9-28(25)33)22-32-13-10-24(11-14-32)29(34)30-12-15-31-16-18-35-19-17-31/h2-9,20,24H,10-19,21-22H2,1H3,(H,30,34). The van der Waals surface area contributed by atoms with Gasteiger partial charge in [0.15, 0.2) is 0 Å². The molecule has 2 saturated heterocycles. The smallest absolute Gasteiger partial charge is 0.223 e. The Morgan fingerprint density at radius 3 is 2.49 bits per heavy atom. The van der Waals surface area contributed by atoms with Crippen molar-refractivity contribution in [2.45, 2.75) is 32.9 Å². The van der Waals surface area contributed by atoms with Gasteiger partial charge in [0.1, 0.15) is 0 Å². The minimum atomic E-state index is 0.133. The van der Waals surface area contributed by atoms with Gasteiger partial charge < -0.3 is 14.6 Å². The predicted octanol–water partition coefficient (Wildman–Crippen LogP) is 3.66. The van der Waals surface area contributed by atoms with Gasteiger partial charge in [-0.2, -0.15) is 0 Å². The van der Waals surface area contributed by atoms with Crippen LogP contribution in [-0.2, 0) is 22.6 Å². The van der Waals surface area contributed by atoms with Crippen LogP contribution < -0.4 is 5.32 Å². The maximum Gasteiger partial charge on any atom is 0.223 e. The number of fused-ring (bicyclic) bond motifs is 1. The number of likely N-dealkylation sites (tertiary alicyclic amines) is 1. The number of nitrogens with zero attached hydrogens (tertiary/aromatic N) is 3. The van der Waals surface area contributed by atoms with Crippen LogP contribution in [0.5, 0.6) is 0 Å². The summed E-state index contributed by atoms with van der Waals surface area (Å²) in [7, 11) is 0. The molecule has 1 aromatic heterocycles. The van der Waals surface area contributed by atoms with E-state index in [-0.39, 0.29) is 11.8 Å². The van der Waals surface area contributed by atoms with Crippen LogP contribution in [0, 0.1) is 12.8 Å². The van der Waals surface area contributed by atoms with Crippen molar-refractivity contribution in [2.24, 2.45) is 5.92 Å². The van der Waals surface area contributed by atoms with Crippen LogP contribution in [0.2, 0.25) is 0 Å². The summed E-state index contributed by atoms with van der Waals surface area (Å²) in [6.45, 7) is 11.1. The minimum Gasteiger partial charge on any atom is -0.379 e. The lowest BCUT2D eigenvalue weighted by Crippen LogP contribution is -2.44. The SMILES string of the molecule is Cc1ccccc1Cn1c(CN2CCC(C(=O)NCCN3CCOCC3)CC2)cc2ccccc21. The van der Waals surface area contributed by atoms with E-state index in [0.29, 0.717) is 0 Å². The van der Waals surface area contributed by atoms with Crippen LogP contribution in [0.15, 0.2) is 54.6 Å². The van der Waals surface area contributed by atoms with Crippen LogP contribution in [0.1, 0.15) is 29.7 Å². The van der Waals surface area contributed by atoms with E-state index in [4.69, 9.17) is 4.74 Å². The molecule has 2 aromatic carbocycles. The van der Waals surface area contributed by atoms with Crippen molar-refractivity contribution in [1.29, 1.82) is 0 Å². The van der Waals surface area contributed by atoms with Crippen LogP contribution in [0.25, 0.3) is 10.9 Å². The van der Waals surface area contributed by atoms with E-state index in [2.05, 4.69) is 81.2 Å². The molecule has 6 heteroatoms. The Labute approximate surface area is 208 Å². The number of benzene rings is 2. The number of aryl methyl sites for hydroxylation is 1. The number of nitrogens with one attached hydrogen (secondary N) is 1. The summed E-state index contributed by atoms with van der Waals surface area (Å²) < 4.78 is 7.87. The Bertz CT molecular complexity index is 1130. The van der Waals surface area contributed by atoms with Crippen LogP contribution in [0.3, 0.4) is 0 Å². The predicted molar refractivity (Wildman–Crippen MR) is 140 cm³/mol. The van der Waals surface area contributed by atoms with E-state index in [0.717, 1.165) is 78.4 Å². The molecular formula is C29H38N4O2. The summed E-state index contributed by atoms with van der Waals surface area (Å²) in [5, 5.41) is 4.48. The molecular weight excluding hydrogens is 436 g/mol. The molecule has 35 heavy (non-hydrogen) atoms. The molecule has 186 valence electrons. The van der Waals surface area contributed by atoms with Gasteiger partial charge in [0, 0.05) is 56.4 Å². The molecule has 1 amide bonds. The van der Waals surface area contributed by atoms with E-state index in [1.807, 2.05) is 0 Å². The summed E-state index contributed by atoms with van der Waals surface area (Å²) in [5.41, 5.74) is 5.34. The van der Waals surface area contributed by atoms with Crippen molar-refractivity contribution < 1.29 is 9.53 Å². The van der Waals surface area contributed by atoms with Crippen LogP contribution in [-0.4, -0.2) is 72.8 Å². The van der Waals surface area contributed by atoms with Crippen LogP contribution >= 0.6 is 0 Å². The average molecular weight is 475 g/mol. The van der Waals surface area contributed by atoms with Gasteiger partial charge in [-0.25, -0.2) is 0 Å². The fraction of sp³-hybridized carbons (Fsp3) is 0.483. The quantitative estimate of drug-likeness (QED) is 0.541. The fourth-order valence-electron chi connectivity index (χ4n) is 5.43. The van der Waals surface area contributed by atoms with Gasteiger partial charge in [-0.05, 0) is 61.5 Å². The zero-order valence-electron chi connectivity index (χ0n) is 20.9. The second-order valence-electron chi connectivity index (χ2n) is 10.0. The fourth-order valence-corrected chi connectivity index (χ4v) is 5.43. The van der Waals surface area contributed by atoms with E-state index in [1.54, 1.807) is 0 Å². The first kappa shape index (κ1) is 24.0. The number of amides is 1. The number of rotatable bonds is 8. The Morgan fingerprint density at radius 2 is 1.69 bits per heavy atom. The molecule has 6 nitrogen and oxygen atoms in total. The van der Waals surface area contributed by atoms with Crippen molar-refractivity contribution in [3.05, 3.63) is 71.4 Å². The topological polar surface area (TPSA) is 49.7 Å². The summed E-state index contributed by atoms with van der Waals surface area (Å²) in [5.74, 6) is 0.361. The lowest BCUT2D eigenvalue weighted by atomic mass is 9.96. The zero-order valence-corrected chi connectivity index (χ0v) is 20.9. The molecule has 2 aliphatic heterocycles. The maximum atomic E-state index is 12.7. The summed E-state index contributed by atoms with van der Waals surface area (Å²) in [6, 6.07) is 19.7. The lowest BCUT2D eigenvalue weighted by Gasteiger charge is -2.32. The largest absolute Gasteiger partial charge is 0.379 e. The van der Waals surface area contributed by atoms with Gasteiger partial charge in [-0.3, -0.25) is 14.6 Å². The Morgan fingerprint density at radius 1 is 0.943 bits per heavy atom. The molecule has 0 spiro atoms. The number of hydrogen-bond donors (Lipinski definition) is 1. The highest BCUT2D eigenvalue weighted by Gasteiger charge is 2.26. The molecule has 5 rings (SSSR count). The highest BCUT2D eigenvalue weighted by Crippen LogP contribution is 2.25. The van der Waals surface area contributed by atoms with Crippen molar-refractivity contribution in [2.75, 3.05) is 52.5 Å². The second-order valence-corrected chi connectivity index (χ2v) is 10.0. The van der Waals surface area contributed by atoms with Gasteiger partial charge in [-0.1, -0.05) is 42.5 Å². The zero-order chi connectivity index (χ0) is 24.0. The third-order valence-electron chi connectivity index (χ3n) is 7.66. The summed E-state index contributed by atoms with van der Waals surface area (Å²) in [4.78, 5) is 17.6. The summed E-state index contributed by atoms with van der Waals surface area (Å²) in [6.07, 6.45) is 1.86. The van der Waals surface area contributed by atoms with Gasteiger partial charge in [0.25, 0.3) is 0 Å². The highest BCUT2D eigenvalue weighted by molar-refractivity contribution is 5.81. The van der Waals surface area contributed by atoms with Gasteiger partial charge in [0.2, 0.25) is 5.91 Å². The highest BCUT2D eigenvalue weighted by atomic mass is 16.5. The number of aromatic nitrogens is 1. The van der Waals surface area contributed by atoms with Crippen molar-refractivity contribution in [3.63, 3.8) is 0 Å². The third-order valence-corrected chi connectivity index (χ3v) is 7.66. The molecule has 3 heterocycles. The van der Waals surface area contributed by atoms with Crippen molar-refractivity contribution in [1.82, 2.24) is 19.7 Å². The molecule has 0 radical (unpaired) electrons. The maximum absolute atomic E-state index is 12.7. The first-order chi connectivity index (χ1) is 17.2. The first-order valence-electron chi connectivity index (χ1n) is 13.1. The van der Waals surface area contributed by atoms with E-state index < -0.39 is 0 Å². The molecule has 0 atom stereocenters. The number of para-hydroxylation sites is 1. The lowest BCUT2D eigenvalue weighted by molar-refractivity contribution is -0.126. The van der Waals surface area contributed by atoms with Crippen molar-refractivity contribution in [3.8, 4) is 0 Å². The number of carbonyl (C=O) groups excluding carboxylic acids is 1. The molecule has 0 bridgehead atoms. The van der Waals surface area contributed by atoms with Crippen LogP contribution in [0.4, 0.5) is 0 Å². The van der Waals surface area contributed by atoms with Gasteiger partial charge in [0.05, 0.1) is 13.2 Å². The normalized spacial score (nSPS) is 18.2. The number of carbonyl (C=O) groups is 1.